The predicted octanol–water partition coefficient (Wildman–Crippen LogP) is 4.35. The molecule has 144 valence electrons. The van der Waals surface area contributed by atoms with Gasteiger partial charge in [0.15, 0.2) is 5.78 Å². The lowest BCUT2D eigenvalue weighted by Gasteiger charge is -2.35. The molecule has 3 rings (SSSR count). The van der Waals surface area contributed by atoms with Crippen molar-refractivity contribution in [1.29, 1.82) is 0 Å². The van der Waals surface area contributed by atoms with Crippen molar-refractivity contribution < 1.29 is 9.53 Å². The monoisotopic (exact) mass is 386 g/mol. The number of piperidine rings is 1. The van der Waals surface area contributed by atoms with E-state index < -0.39 is 0 Å². The van der Waals surface area contributed by atoms with Crippen LogP contribution in [0.1, 0.15) is 41.2 Å². The molecule has 1 atom stereocenters. The van der Waals surface area contributed by atoms with Crippen molar-refractivity contribution in [3.05, 3.63) is 64.7 Å². The Bertz CT molecular complexity index is 742. The van der Waals surface area contributed by atoms with Gasteiger partial charge in [-0.05, 0) is 61.8 Å². The fourth-order valence-corrected chi connectivity index (χ4v) is 3.87. The zero-order valence-corrected chi connectivity index (χ0v) is 16.5. The van der Waals surface area contributed by atoms with E-state index in [-0.39, 0.29) is 11.8 Å². The summed E-state index contributed by atoms with van der Waals surface area (Å²) < 4.78 is 5.14. The zero-order valence-electron chi connectivity index (χ0n) is 15.8. The molecule has 1 fully saturated rings. The molecular formula is C22H27ClN2O2. The van der Waals surface area contributed by atoms with Crippen molar-refractivity contribution >= 4 is 17.4 Å². The molecule has 0 radical (unpaired) electrons. The number of nitrogens with zero attached hydrogens (tertiary/aromatic N) is 1. The summed E-state index contributed by atoms with van der Waals surface area (Å²) >= 11 is 6.47. The first-order chi connectivity index (χ1) is 13.2. The van der Waals surface area contributed by atoms with Gasteiger partial charge in [0.25, 0.3) is 0 Å². The van der Waals surface area contributed by atoms with Crippen LogP contribution in [-0.4, -0.2) is 44.0 Å². The van der Waals surface area contributed by atoms with Gasteiger partial charge in [-0.3, -0.25) is 9.69 Å². The SMILES string of the molecule is COc1ccc(C(=O)CNCC(c2ccccc2Cl)N2CCCCC2)cc1. The Labute approximate surface area is 166 Å². The third kappa shape index (κ3) is 5.32. The summed E-state index contributed by atoms with van der Waals surface area (Å²) in [6.07, 6.45) is 3.71. The Kier molecular flexibility index (Phi) is 7.27. The van der Waals surface area contributed by atoms with E-state index in [4.69, 9.17) is 16.3 Å². The Balaban J connectivity index is 1.63. The van der Waals surface area contributed by atoms with Crippen LogP contribution in [0.15, 0.2) is 48.5 Å². The third-order valence-corrected chi connectivity index (χ3v) is 5.48. The van der Waals surface area contributed by atoms with Crippen molar-refractivity contribution in [1.82, 2.24) is 10.2 Å². The zero-order chi connectivity index (χ0) is 19.1. The molecule has 4 nitrogen and oxygen atoms in total. The Morgan fingerprint density at radius 2 is 1.81 bits per heavy atom. The van der Waals surface area contributed by atoms with Gasteiger partial charge >= 0.3 is 0 Å². The van der Waals surface area contributed by atoms with E-state index in [9.17, 15) is 4.79 Å². The molecule has 1 heterocycles. The first kappa shape index (κ1) is 19.9. The number of carbonyl (C=O) groups is 1. The Morgan fingerprint density at radius 3 is 2.48 bits per heavy atom. The fourth-order valence-electron chi connectivity index (χ4n) is 3.61. The summed E-state index contributed by atoms with van der Waals surface area (Å²) in [6.45, 7) is 3.15. The average molecular weight is 387 g/mol. The molecule has 1 N–H and O–H groups in total. The number of halogens is 1. The highest BCUT2D eigenvalue weighted by Gasteiger charge is 2.24. The van der Waals surface area contributed by atoms with Gasteiger partial charge in [-0.15, -0.1) is 0 Å². The number of benzene rings is 2. The van der Waals surface area contributed by atoms with Gasteiger partial charge < -0.3 is 10.1 Å². The summed E-state index contributed by atoms with van der Waals surface area (Å²) in [6, 6.07) is 15.4. The van der Waals surface area contributed by atoms with Crippen molar-refractivity contribution in [2.24, 2.45) is 0 Å². The summed E-state index contributed by atoms with van der Waals surface area (Å²) in [5.74, 6) is 0.831. The maximum absolute atomic E-state index is 12.5. The van der Waals surface area contributed by atoms with E-state index in [0.717, 1.165) is 29.4 Å². The third-order valence-electron chi connectivity index (χ3n) is 5.13. The van der Waals surface area contributed by atoms with Crippen molar-refractivity contribution in [2.75, 3.05) is 33.3 Å². The molecule has 27 heavy (non-hydrogen) atoms. The van der Waals surface area contributed by atoms with Crippen LogP contribution in [-0.2, 0) is 0 Å². The second-order valence-electron chi connectivity index (χ2n) is 6.92. The van der Waals surface area contributed by atoms with Gasteiger partial charge in [0, 0.05) is 23.2 Å². The Morgan fingerprint density at radius 1 is 1.11 bits per heavy atom. The molecule has 2 aromatic rings. The standard InChI is InChI=1S/C22H27ClN2O2/c1-27-18-11-9-17(10-12-18)22(26)16-24-15-21(25-13-5-2-6-14-25)19-7-3-4-8-20(19)23/h3-4,7-12,21,24H,2,5-6,13-16H2,1H3. The highest BCUT2D eigenvalue weighted by molar-refractivity contribution is 6.31. The summed E-state index contributed by atoms with van der Waals surface area (Å²) in [5, 5.41) is 4.14. The fraction of sp³-hybridized carbons (Fsp3) is 0.409. The molecule has 5 heteroatoms. The second kappa shape index (κ2) is 9.88. The molecule has 0 bridgehead atoms. The average Bonchev–Trinajstić information content (AvgIpc) is 2.72. The molecule has 0 spiro atoms. The number of hydrogen-bond donors (Lipinski definition) is 1. The van der Waals surface area contributed by atoms with E-state index in [1.54, 1.807) is 19.2 Å². The van der Waals surface area contributed by atoms with Gasteiger partial charge in [-0.2, -0.15) is 0 Å². The number of ether oxygens (including phenoxy) is 1. The van der Waals surface area contributed by atoms with E-state index in [1.807, 2.05) is 30.3 Å². The molecular weight excluding hydrogens is 360 g/mol. The van der Waals surface area contributed by atoms with Crippen LogP contribution in [0.3, 0.4) is 0 Å². The number of rotatable bonds is 8. The minimum Gasteiger partial charge on any atom is -0.497 e. The van der Waals surface area contributed by atoms with E-state index in [0.29, 0.717) is 18.7 Å². The highest BCUT2D eigenvalue weighted by Crippen LogP contribution is 2.29. The molecule has 2 aromatic carbocycles. The first-order valence-electron chi connectivity index (χ1n) is 9.55. The van der Waals surface area contributed by atoms with Gasteiger partial charge in [0.2, 0.25) is 0 Å². The van der Waals surface area contributed by atoms with E-state index in [1.165, 1.54) is 19.3 Å². The number of methoxy groups -OCH3 is 1. The highest BCUT2D eigenvalue weighted by atomic mass is 35.5. The second-order valence-corrected chi connectivity index (χ2v) is 7.32. The molecule has 1 unspecified atom stereocenters. The van der Waals surface area contributed by atoms with Crippen LogP contribution in [0.5, 0.6) is 5.75 Å². The smallest absolute Gasteiger partial charge is 0.176 e. The molecule has 0 aromatic heterocycles. The van der Waals surface area contributed by atoms with E-state index in [2.05, 4.69) is 16.3 Å². The molecule has 0 amide bonds. The van der Waals surface area contributed by atoms with Crippen LogP contribution >= 0.6 is 11.6 Å². The minimum absolute atomic E-state index is 0.0780. The van der Waals surface area contributed by atoms with Gasteiger partial charge in [0.05, 0.1) is 13.7 Å². The van der Waals surface area contributed by atoms with Crippen molar-refractivity contribution in [3.63, 3.8) is 0 Å². The van der Waals surface area contributed by atoms with E-state index >= 15 is 0 Å². The van der Waals surface area contributed by atoms with Crippen LogP contribution in [0.25, 0.3) is 0 Å². The van der Waals surface area contributed by atoms with Crippen LogP contribution in [0.4, 0.5) is 0 Å². The lowest BCUT2D eigenvalue weighted by atomic mass is 10.0. The lowest BCUT2D eigenvalue weighted by molar-refractivity contribution is 0.0983. The number of carbonyl (C=O) groups excluding carboxylic acids is 1. The summed E-state index contributed by atoms with van der Waals surface area (Å²) in [4.78, 5) is 14.9. The first-order valence-corrected chi connectivity index (χ1v) is 9.93. The molecule has 1 saturated heterocycles. The summed E-state index contributed by atoms with van der Waals surface area (Å²) in [7, 11) is 1.62. The minimum atomic E-state index is 0.0780. The van der Waals surface area contributed by atoms with Crippen LogP contribution in [0.2, 0.25) is 5.02 Å². The largest absolute Gasteiger partial charge is 0.497 e. The quantitative estimate of drug-likeness (QED) is 0.685. The normalized spacial score (nSPS) is 16.1. The van der Waals surface area contributed by atoms with Crippen molar-refractivity contribution in [3.8, 4) is 5.75 Å². The van der Waals surface area contributed by atoms with Crippen molar-refractivity contribution in [2.45, 2.75) is 25.3 Å². The number of hydrogen-bond acceptors (Lipinski definition) is 4. The van der Waals surface area contributed by atoms with Gasteiger partial charge in [-0.1, -0.05) is 36.2 Å². The maximum atomic E-state index is 12.5. The van der Waals surface area contributed by atoms with Gasteiger partial charge in [0.1, 0.15) is 5.75 Å². The molecule has 0 aliphatic carbocycles. The Hall–Kier alpha value is -1.88. The predicted molar refractivity (Wildman–Crippen MR) is 110 cm³/mol. The summed E-state index contributed by atoms with van der Waals surface area (Å²) in [5.41, 5.74) is 1.82. The molecule has 1 aliphatic heterocycles. The number of likely N-dealkylation sites (tertiary alicyclic amines) is 1. The number of nitrogens with one attached hydrogen (secondary N) is 1. The van der Waals surface area contributed by atoms with Gasteiger partial charge in [-0.25, -0.2) is 0 Å². The molecule has 1 aliphatic rings. The molecule has 0 saturated carbocycles. The van der Waals surface area contributed by atoms with Crippen LogP contribution in [0, 0.1) is 0 Å². The maximum Gasteiger partial charge on any atom is 0.176 e. The topological polar surface area (TPSA) is 41.6 Å². The number of Topliss-reactive ketones (excluding diaryl/α,β-unsaturated/α-hetero) is 1. The van der Waals surface area contributed by atoms with Crippen LogP contribution < -0.4 is 10.1 Å². The lowest BCUT2D eigenvalue weighted by Crippen LogP contribution is -2.40. The number of ketones is 1.